The minimum absolute atomic E-state index is 0.0130. The van der Waals surface area contributed by atoms with Crippen LogP contribution in [0, 0.1) is 11.7 Å². The number of nitrogens with one attached hydrogen (secondary N) is 1. The Morgan fingerprint density at radius 1 is 1.00 bits per heavy atom. The minimum Gasteiger partial charge on any atom is -0.459 e. The molecule has 2 fully saturated rings. The molecule has 1 N–H and O–H groups in total. The first-order valence-electron chi connectivity index (χ1n) is 11.8. The lowest BCUT2D eigenvalue weighted by Gasteiger charge is -2.39. The van der Waals surface area contributed by atoms with Gasteiger partial charge in [-0.15, -0.1) is 0 Å². The van der Waals surface area contributed by atoms with E-state index in [2.05, 4.69) is 28.4 Å². The van der Waals surface area contributed by atoms with Crippen LogP contribution in [0.2, 0.25) is 0 Å². The number of benzene rings is 2. The standard InChI is InChI=1S/C26H30FN3O/c27-22-8-5-18(6-9-22)25-23-10-7-19(17-3-1-2-4-17)13-20(23)11-12-30(25)26-29-16-24(31-26)21-14-28-15-21/h5-10,13,17,21,24-25,28H,1-4,11-12,14-16H2/t24-,25-/m0/s1. The lowest BCUT2D eigenvalue weighted by molar-refractivity contribution is 0.0909. The van der Waals surface area contributed by atoms with Gasteiger partial charge in [-0.25, -0.2) is 9.38 Å². The molecule has 0 spiro atoms. The second kappa shape index (κ2) is 7.94. The van der Waals surface area contributed by atoms with Crippen molar-refractivity contribution >= 4 is 6.02 Å². The van der Waals surface area contributed by atoms with Gasteiger partial charge in [0.2, 0.25) is 0 Å². The van der Waals surface area contributed by atoms with E-state index in [9.17, 15) is 4.39 Å². The molecule has 2 aromatic carbocycles. The van der Waals surface area contributed by atoms with E-state index < -0.39 is 0 Å². The molecule has 0 radical (unpaired) electrons. The molecule has 0 unspecified atom stereocenters. The zero-order valence-corrected chi connectivity index (χ0v) is 17.9. The third kappa shape index (κ3) is 3.53. The van der Waals surface area contributed by atoms with Gasteiger partial charge in [0.05, 0.1) is 12.6 Å². The molecule has 4 aliphatic rings. The van der Waals surface area contributed by atoms with Gasteiger partial charge in [-0.3, -0.25) is 0 Å². The largest absolute Gasteiger partial charge is 0.459 e. The van der Waals surface area contributed by atoms with Crippen LogP contribution in [0.25, 0.3) is 0 Å². The highest BCUT2D eigenvalue weighted by atomic mass is 19.1. The van der Waals surface area contributed by atoms with E-state index >= 15 is 0 Å². The van der Waals surface area contributed by atoms with Crippen molar-refractivity contribution in [1.29, 1.82) is 0 Å². The Labute approximate surface area is 183 Å². The molecule has 1 saturated heterocycles. The number of amidine groups is 1. The van der Waals surface area contributed by atoms with Crippen molar-refractivity contribution in [1.82, 2.24) is 10.2 Å². The molecular formula is C26H30FN3O. The van der Waals surface area contributed by atoms with Crippen molar-refractivity contribution < 1.29 is 9.13 Å². The van der Waals surface area contributed by atoms with E-state index in [1.807, 2.05) is 12.1 Å². The van der Waals surface area contributed by atoms with Crippen LogP contribution in [0.4, 0.5) is 4.39 Å². The Bertz CT molecular complexity index is 979. The normalized spacial score (nSPS) is 26.4. The third-order valence-electron chi connectivity index (χ3n) is 7.66. The van der Waals surface area contributed by atoms with Crippen LogP contribution in [-0.2, 0) is 11.2 Å². The van der Waals surface area contributed by atoms with Gasteiger partial charge in [-0.2, -0.15) is 0 Å². The smallest absolute Gasteiger partial charge is 0.288 e. The summed E-state index contributed by atoms with van der Waals surface area (Å²) < 4.78 is 20.1. The number of fused-ring (bicyclic) bond motifs is 1. The lowest BCUT2D eigenvalue weighted by Crippen LogP contribution is -2.50. The van der Waals surface area contributed by atoms with E-state index in [1.165, 1.54) is 42.4 Å². The zero-order valence-electron chi connectivity index (χ0n) is 17.9. The summed E-state index contributed by atoms with van der Waals surface area (Å²) in [6.07, 6.45) is 6.50. The van der Waals surface area contributed by atoms with Crippen LogP contribution in [0.15, 0.2) is 47.5 Å². The fourth-order valence-corrected chi connectivity index (χ4v) is 5.73. The van der Waals surface area contributed by atoms with Gasteiger partial charge in [0.25, 0.3) is 6.02 Å². The fourth-order valence-electron chi connectivity index (χ4n) is 5.73. The number of aliphatic imine (C=N–C) groups is 1. The van der Waals surface area contributed by atoms with E-state index in [0.717, 1.165) is 44.2 Å². The molecule has 0 aromatic heterocycles. The van der Waals surface area contributed by atoms with Crippen molar-refractivity contribution in [3.8, 4) is 0 Å². The van der Waals surface area contributed by atoms with E-state index in [-0.39, 0.29) is 18.0 Å². The predicted molar refractivity (Wildman–Crippen MR) is 120 cm³/mol. The number of hydrogen-bond donors (Lipinski definition) is 1. The van der Waals surface area contributed by atoms with Crippen molar-refractivity contribution in [3.05, 3.63) is 70.5 Å². The van der Waals surface area contributed by atoms with Crippen LogP contribution in [0.5, 0.6) is 0 Å². The first-order valence-corrected chi connectivity index (χ1v) is 11.8. The second-order valence-corrected chi connectivity index (χ2v) is 9.54. The summed E-state index contributed by atoms with van der Waals surface area (Å²) >= 11 is 0. The molecule has 5 heteroatoms. The summed E-state index contributed by atoms with van der Waals surface area (Å²) in [5, 5.41) is 3.33. The minimum atomic E-state index is -0.199. The van der Waals surface area contributed by atoms with Crippen LogP contribution < -0.4 is 5.32 Å². The fraction of sp³-hybridized carbons (Fsp3) is 0.500. The molecule has 0 bridgehead atoms. The summed E-state index contributed by atoms with van der Waals surface area (Å²) in [4.78, 5) is 7.11. The number of halogens is 1. The summed E-state index contributed by atoms with van der Waals surface area (Å²) in [6, 6.07) is 14.8. The van der Waals surface area contributed by atoms with Crippen LogP contribution in [-0.4, -0.2) is 43.2 Å². The van der Waals surface area contributed by atoms with E-state index in [4.69, 9.17) is 9.73 Å². The number of ether oxygens (including phenoxy) is 1. The molecule has 6 rings (SSSR count). The Morgan fingerprint density at radius 3 is 2.52 bits per heavy atom. The van der Waals surface area contributed by atoms with Crippen molar-refractivity contribution in [3.63, 3.8) is 0 Å². The zero-order chi connectivity index (χ0) is 20.8. The average molecular weight is 420 g/mol. The molecular weight excluding hydrogens is 389 g/mol. The Hall–Kier alpha value is -2.40. The number of nitrogens with zero attached hydrogens (tertiary/aromatic N) is 2. The molecule has 1 saturated carbocycles. The van der Waals surface area contributed by atoms with E-state index in [1.54, 1.807) is 12.1 Å². The van der Waals surface area contributed by atoms with Gasteiger partial charge < -0.3 is 15.0 Å². The second-order valence-electron chi connectivity index (χ2n) is 9.54. The van der Waals surface area contributed by atoms with Crippen molar-refractivity contribution in [2.24, 2.45) is 10.9 Å². The maximum atomic E-state index is 13.7. The molecule has 2 atom stereocenters. The van der Waals surface area contributed by atoms with Crippen LogP contribution >= 0.6 is 0 Å². The molecule has 2 aromatic rings. The Balaban J connectivity index is 1.34. The molecule has 162 valence electrons. The number of rotatable bonds is 3. The molecule has 1 aliphatic carbocycles. The molecule has 31 heavy (non-hydrogen) atoms. The van der Waals surface area contributed by atoms with Crippen molar-refractivity contribution in [2.45, 2.75) is 50.2 Å². The quantitative estimate of drug-likeness (QED) is 0.801. The van der Waals surface area contributed by atoms with Gasteiger partial charge in [-0.1, -0.05) is 43.2 Å². The summed E-state index contributed by atoms with van der Waals surface area (Å²) in [7, 11) is 0. The topological polar surface area (TPSA) is 36.9 Å². The summed E-state index contributed by atoms with van der Waals surface area (Å²) in [5.41, 5.74) is 5.32. The Morgan fingerprint density at radius 2 is 1.77 bits per heavy atom. The third-order valence-corrected chi connectivity index (χ3v) is 7.66. The summed E-state index contributed by atoms with van der Waals surface area (Å²) in [6.45, 7) is 3.64. The van der Waals surface area contributed by atoms with Gasteiger partial charge >= 0.3 is 0 Å². The average Bonchev–Trinajstić information content (AvgIpc) is 3.45. The first-order chi connectivity index (χ1) is 15.3. The SMILES string of the molecule is Fc1ccc([C@H]2c3ccc(C4CCCC4)cc3CCN2C2=NC[C@@H](C3CNC3)O2)cc1. The Kier molecular flexibility index (Phi) is 4.94. The summed E-state index contributed by atoms with van der Waals surface area (Å²) in [5.74, 6) is 1.07. The lowest BCUT2D eigenvalue weighted by atomic mass is 9.85. The number of hydrogen-bond acceptors (Lipinski definition) is 4. The van der Waals surface area contributed by atoms with Gasteiger partial charge in [0.15, 0.2) is 0 Å². The highest BCUT2D eigenvalue weighted by Gasteiger charge is 2.38. The predicted octanol–water partition coefficient (Wildman–Crippen LogP) is 4.41. The molecule has 4 nitrogen and oxygen atoms in total. The van der Waals surface area contributed by atoms with Gasteiger partial charge in [-0.05, 0) is 59.6 Å². The van der Waals surface area contributed by atoms with Crippen LogP contribution in [0.1, 0.15) is 59.9 Å². The molecule has 0 amide bonds. The highest BCUT2D eigenvalue weighted by Crippen LogP contribution is 2.40. The maximum Gasteiger partial charge on any atom is 0.288 e. The highest BCUT2D eigenvalue weighted by molar-refractivity contribution is 5.77. The van der Waals surface area contributed by atoms with Crippen molar-refractivity contribution in [2.75, 3.05) is 26.2 Å². The van der Waals surface area contributed by atoms with Crippen LogP contribution in [0.3, 0.4) is 0 Å². The molecule has 3 heterocycles. The first kappa shape index (κ1) is 19.3. The monoisotopic (exact) mass is 419 g/mol. The van der Waals surface area contributed by atoms with E-state index in [0.29, 0.717) is 11.8 Å². The maximum absolute atomic E-state index is 13.7. The van der Waals surface area contributed by atoms with Gasteiger partial charge in [0, 0.05) is 25.6 Å². The molecule has 3 aliphatic heterocycles. The van der Waals surface area contributed by atoms with Gasteiger partial charge in [0.1, 0.15) is 11.9 Å².